The van der Waals surface area contributed by atoms with Gasteiger partial charge in [0, 0.05) is 23.0 Å². The van der Waals surface area contributed by atoms with Crippen LogP contribution in [0.5, 0.6) is 0 Å². The Balaban J connectivity index is 1.95. The van der Waals surface area contributed by atoms with Crippen molar-refractivity contribution in [3.05, 3.63) is 60.2 Å². The van der Waals surface area contributed by atoms with Gasteiger partial charge < -0.3 is 4.57 Å². The van der Waals surface area contributed by atoms with Gasteiger partial charge in [0.2, 0.25) is 0 Å². The standard InChI is InChI=1S/C18H13F6N3S/c1-2-28-15-7-12(18(22,23)24)8-25-16(15)14-9-27(10-26-14)13-5-3-11(4-6-13)17(19,20)21/h3-10H,2H2,1H3. The molecule has 0 radical (unpaired) electrons. The summed E-state index contributed by atoms with van der Waals surface area (Å²) in [6, 6.07) is 5.49. The molecule has 3 rings (SSSR count). The van der Waals surface area contributed by atoms with Crippen LogP contribution in [0.2, 0.25) is 0 Å². The first kappa shape index (κ1) is 20.2. The quantitative estimate of drug-likeness (QED) is 0.381. The highest BCUT2D eigenvalue weighted by Crippen LogP contribution is 2.36. The maximum absolute atomic E-state index is 12.9. The molecule has 0 unspecified atom stereocenters. The molecule has 0 aliphatic carbocycles. The number of rotatable bonds is 4. The zero-order valence-electron chi connectivity index (χ0n) is 14.3. The Morgan fingerprint density at radius 1 is 0.929 bits per heavy atom. The molecule has 2 heterocycles. The van der Waals surface area contributed by atoms with Crippen LogP contribution >= 0.6 is 11.8 Å². The van der Waals surface area contributed by atoms with Crippen LogP contribution in [-0.4, -0.2) is 20.3 Å². The zero-order chi connectivity index (χ0) is 20.5. The molecule has 0 N–H and O–H groups in total. The highest BCUT2D eigenvalue weighted by molar-refractivity contribution is 7.99. The van der Waals surface area contributed by atoms with E-state index in [4.69, 9.17) is 0 Å². The lowest BCUT2D eigenvalue weighted by Crippen LogP contribution is -2.06. The zero-order valence-corrected chi connectivity index (χ0v) is 15.2. The Labute approximate surface area is 160 Å². The first-order valence-electron chi connectivity index (χ1n) is 8.01. The van der Waals surface area contributed by atoms with Crippen molar-refractivity contribution >= 4 is 11.8 Å². The minimum atomic E-state index is -4.51. The fourth-order valence-corrected chi connectivity index (χ4v) is 3.28. The van der Waals surface area contributed by atoms with Gasteiger partial charge in [-0.25, -0.2) is 4.98 Å². The number of imidazole rings is 1. The first-order chi connectivity index (χ1) is 13.1. The normalized spacial score (nSPS) is 12.4. The molecule has 28 heavy (non-hydrogen) atoms. The average Bonchev–Trinajstić information content (AvgIpc) is 3.10. The Morgan fingerprint density at radius 2 is 1.57 bits per heavy atom. The Bertz CT molecular complexity index is 961. The molecule has 0 aliphatic heterocycles. The molecule has 0 amide bonds. The lowest BCUT2D eigenvalue weighted by Gasteiger charge is -2.11. The van der Waals surface area contributed by atoms with Crippen LogP contribution in [-0.2, 0) is 12.4 Å². The Kier molecular flexibility index (Phi) is 5.42. The molecular formula is C18H13F6N3S. The summed E-state index contributed by atoms with van der Waals surface area (Å²) in [5.74, 6) is 0.537. The van der Waals surface area contributed by atoms with E-state index >= 15 is 0 Å². The molecule has 0 fully saturated rings. The fourth-order valence-electron chi connectivity index (χ4n) is 2.47. The molecule has 3 nitrogen and oxygen atoms in total. The predicted octanol–water partition coefficient (Wildman–Crippen LogP) is 6.08. The SMILES string of the molecule is CCSc1cc(C(F)(F)F)cnc1-c1cn(-c2ccc(C(F)(F)F)cc2)cn1. The number of alkyl halides is 6. The van der Waals surface area contributed by atoms with Gasteiger partial charge in [-0.1, -0.05) is 6.92 Å². The topological polar surface area (TPSA) is 30.7 Å². The van der Waals surface area contributed by atoms with E-state index in [-0.39, 0.29) is 5.69 Å². The number of nitrogens with zero attached hydrogens (tertiary/aromatic N) is 3. The predicted molar refractivity (Wildman–Crippen MR) is 93.2 cm³/mol. The molecule has 10 heteroatoms. The second-order valence-electron chi connectivity index (χ2n) is 5.71. The van der Waals surface area contributed by atoms with Gasteiger partial charge in [0.25, 0.3) is 0 Å². The third kappa shape index (κ3) is 4.32. The van der Waals surface area contributed by atoms with Crippen LogP contribution in [0.4, 0.5) is 26.3 Å². The summed E-state index contributed by atoms with van der Waals surface area (Å²) in [6.45, 7) is 1.80. The van der Waals surface area contributed by atoms with Crippen LogP contribution in [0.3, 0.4) is 0 Å². The lowest BCUT2D eigenvalue weighted by atomic mass is 10.2. The summed E-state index contributed by atoms with van der Waals surface area (Å²) in [4.78, 5) is 8.40. The van der Waals surface area contributed by atoms with Crippen molar-refractivity contribution in [1.82, 2.24) is 14.5 Å². The third-order valence-electron chi connectivity index (χ3n) is 3.80. The molecule has 0 aliphatic rings. The van der Waals surface area contributed by atoms with Gasteiger partial charge >= 0.3 is 12.4 Å². The van der Waals surface area contributed by atoms with Crippen LogP contribution < -0.4 is 0 Å². The maximum atomic E-state index is 12.9. The summed E-state index contributed by atoms with van der Waals surface area (Å²) >= 11 is 1.20. The molecule has 0 bridgehead atoms. The molecule has 0 saturated heterocycles. The summed E-state index contributed by atoms with van der Waals surface area (Å²) in [5, 5.41) is 0. The Hall–Kier alpha value is -2.49. The van der Waals surface area contributed by atoms with Gasteiger partial charge in [-0.3, -0.25) is 4.98 Å². The molecule has 0 atom stereocenters. The van der Waals surface area contributed by atoms with E-state index in [1.807, 2.05) is 0 Å². The van der Waals surface area contributed by atoms with Crippen molar-refractivity contribution in [2.24, 2.45) is 0 Å². The van der Waals surface area contributed by atoms with Crippen molar-refractivity contribution in [2.45, 2.75) is 24.2 Å². The van der Waals surface area contributed by atoms with Gasteiger partial charge in [-0.2, -0.15) is 26.3 Å². The van der Waals surface area contributed by atoms with Crippen molar-refractivity contribution in [1.29, 1.82) is 0 Å². The molecule has 0 saturated carbocycles. The smallest absolute Gasteiger partial charge is 0.306 e. The third-order valence-corrected chi connectivity index (χ3v) is 4.71. The van der Waals surface area contributed by atoms with Gasteiger partial charge in [0.15, 0.2) is 0 Å². The molecular weight excluding hydrogens is 404 g/mol. The number of benzene rings is 1. The van der Waals surface area contributed by atoms with E-state index in [0.717, 1.165) is 24.4 Å². The number of aromatic nitrogens is 3. The monoisotopic (exact) mass is 417 g/mol. The number of hydrogen-bond acceptors (Lipinski definition) is 3. The van der Waals surface area contributed by atoms with E-state index in [2.05, 4.69) is 9.97 Å². The fraction of sp³-hybridized carbons (Fsp3) is 0.222. The van der Waals surface area contributed by atoms with Crippen LogP contribution in [0, 0.1) is 0 Å². The number of halogens is 6. The van der Waals surface area contributed by atoms with Crippen molar-refractivity contribution in [3.63, 3.8) is 0 Å². The maximum Gasteiger partial charge on any atom is 0.417 e. The van der Waals surface area contributed by atoms with Crippen molar-refractivity contribution < 1.29 is 26.3 Å². The number of pyridine rings is 1. The summed E-state index contributed by atoms with van der Waals surface area (Å²) in [5.41, 5.74) is -0.588. The molecule has 1 aromatic carbocycles. The van der Waals surface area contributed by atoms with Crippen molar-refractivity contribution in [2.75, 3.05) is 5.75 Å². The number of thioether (sulfide) groups is 1. The highest BCUT2D eigenvalue weighted by atomic mass is 32.2. The molecule has 2 aromatic heterocycles. The van der Waals surface area contributed by atoms with Crippen LogP contribution in [0.15, 0.2) is 53.9 Å². The van der Waals surface area contributed by atoms with E-state index < -0.39 is 23.5 Å². The Morgan fingerprint density at radius 3 is 2.14 bits per heavy atom. The van der Waals surface area contributed by atoms with Crippen molar-refractivity contribution in [3.8, 4) is 17.1 Å². The van der Waals surface area contributed by atoms with E-state index in [1.165, 1.54) is 41.0 Å². The largest absolute Gasteiger partial charge is 0.417 e. The minimum absolute atomic E-state index is 0.283. The first-order valence-corrected chi connectivity index (χ1v) is 9.00. The molecule has 3 aromatic rings. The van der Waals surface area contributed by atoms with Crippen LogP contribution in [0.1, 0.15) is 18.1 Å². The van der Waals surface area contributed by atoms with E-state index in [9.17, 15) is 26.3 Å². The van der Waals surface area contributed by atoms with Gasteiger partial charge in [-0.15, -0.1) is 11.8 Å². The van der Waals surface area contributed by atoms with Gasteiger partial charge in [0.05, 0.1) is 17.5 Å². The highest BCUT2D eigenvalue weighted by Gasteiger charge is 2.32. The van der Waals surface area contributed by atoms with E-state index in [1.54, 1.807) is 6.92 Å². The minimum Gasteiger partial charge on any atom is -0.306 e. The summed E-state index contributed by atoms with van der Waals surface area (Å²) < 4.78 is 78.3. The second kappa shape index (κ2) is 7.50. The second-order valence-corrected chi connectivity index (χ2v) is 7.02. The van der Waals surface area contributed by atoms with E-state index in [0.29, 0.717) is 22.0 Å². The number of hydrogen-bond donors (Lipinski definition) is 0. The average molecular weight is 417 g/mol. The van der Waals surface area contributed by atoms with Gasteiger partial charge in [-0.05, 0) is 36.1 Å². The van der Waals surface area contributed by atoms with Gasteiger partial charge in [0.1, 0.15) is 11.4 Å². The van der Waals surface area contributed by atoms with Crippen LogP contribution in [0.25, 0.3) is 17.1 Å². The molecule has 0 spiro atoms. The lowest BCUT2D eigenvalue weighted by molar-refractivity contribution is -0.138. The molecule has 148 valence electrons. The summed E-state index contributed by atoms with van der Waals surface area (Å²) in [7, 11) is 0. The summed E-state index contributed by atoms with van der Waals surface area (Å²) in [6.07, 6.45) is -5.31.